The number of aryl methyl sites for hydroxylation is 1. The lowest BCUT2D eigenvalue weighted by Gasteiger charge is -2.34. The molecule has 1 N–H and O–H groups in total. The number of carbonyl (C=O) groups is 2. The van der Waals surface area contributed by atoms with E-state index in [2.05, 4.69) is 5.32 Å². The monoisotopic (exact) mass is 569 g/mol. The summed E-state index contributed by atoms with van der Waals surface area (Å²) in [4.78, 5) is 28.9. The molecule has 0 aliphatic heterocycles. The largest absolute Gasteiger partial charge is 0.352 e. The summed E-state index contributed by atoms with van der Waals surface area (Å²) >= 11 is 6.16. The lowest BCUT2D eigenvalue weighted by atomic mass is 10.1. The third kappa shape index (κ3) is 7.61. The number of rotatable bonds is 12. The SMILES string of the molecule is CC[C@@H](C)NC(=O)[C@@H](CC)N(Cc1ccccc1)C(=O)CN(c1ccc(Cl)cc1C)S(=O)(=O)c1ccccc1. The summed E-state index contributed by atoms with van der Waals surface area (Å²) in [6.45, 7) is 7.14. The molecule has 39 heavy (non-hydrogen) atoms. The molecule has 0 radical (unpaired) electrons. The van der Waals surface area contributed by atoms with Crippen LogP contribution in [-0.4, -0.2) is 43.8 Å². The van der Waals surface area contributed by atoms with Crippen LogP contribution in [-0.2, 0) is 26.2 Å². The lowest BCUT2D eigenvalue weighted by Crippen LogP contribution is -2.53. The van der Waals surface area contributed by atoms with Crippen LogP contribution >= 0.6 is 11.6 Å². The van der Waals surface area contributed by atoms with E-state index in [1.165, 1.54) is 17.0 Å². The Morgan fingerprint density at radius 3 is 2.10 bits per heavy atom. The Morgan fingerprint density at radius 2 is 1.54 bits per heavy atom. The molecular weight excluding hydrogens is 534 g/mol. The van der Waals surface area contributed by atoms with Crippen molar-refractivity contribution in [2.75, 3.05) is 10.8 Å². The number of carbonyl (C=O) groups excluding carboxylic acids is 2. The van der Waals surface area contributed by atoms with E-state index in [4.69, 9.17) is 11.6 Å². The molecule has 0 saturated carbocycles. The molecule has 0 aliphatic rings. The van der Waals surface area contributed by atoms with Crippen molar-refractivity contribution in [3.63, 3.8) is 0 Å². The Labute approximate surface area is 236 Å². The molecular formula is C30H36ClN3O4S. The van der Waals surface area contributed by atoms with Gasteiger partial charge in [-0.2, -0.15) is 0 Å². The summed E-state index contributed by atoms with van der Waals surface area (Å²) in [6, 6.07) is 21.3. The van der Waals surface area contributed by atoms with Crippen molar-refractivity contribution in [1.82, 2.24) is 10.2 Å². The van der Waals surface area contributed by atoms with Crippen LogP contribution in [0.1, 0.15) is 44.7 Å². The Morgan fingerprint density at radius 1 is 0.923 bits per heavy atom. The number of nitrogens with one attached hydrogen (secondary N) is 1. The van der Waals surface area contributed by atoms with Gasteiger partial charge in [0.05, 0.1) is 10.6 Å². The fourth-order valence-electron chi connectivity index (χ4n) is 4.27. The van der Waals surface area contributed by atoms with Gasteiger partial charge in [-0.25, -0.2) is 8.42 Å². The van der Waals surface area contributed by atoms with Crippen molar-refractivity contribution in [2.45, 2.75) is 64.1 Å². The number of hydrogen-bond donors (Lipinski definition) is 1. The zero-order chi connectivity index (χ0) is 28.6. The quantitative estimate of drug-likeness (QED) is 0.309. The number of sulfonamides is 1. The molecule has 9 heteroatoms. The normalized spacial score (nSPS) is 12.8. The first-order valence-electron chi connectivity index (χ1n) is 13.1. The lowest BCUT2D eigenvalue weighted by molar-refractivity contribution is -0.140. The highest BCUT2D eigenvalue weighted by atomic mass is 35.5. The molecule has 3 aromatic rings. The standard InChI is InChI=1S/C30H36ClN3O4S/c1-5-23(4)32-30(36)27(6-2)33(20-24-13-9-7-10-14-24)29(35)21-34(28-18-17-25(31)19-22(28)3)39(37,38)26-15-11-8-12-16-26/h7-19,23,27H,5-6,20-21H2,1-4H3,(H,32,36)/t23-,27-/m1/s1. The van der Waals surface area contributed by atoms with Crippen molar-refractivity contribution < 1.29 is 18.0 Å². The minimum absolute atomic E-state index is 0.0586. The summed E-state index contributed by atoms with van der Waals surface area (Å²) in [7, 11) is -4.12. The molecule has 0 fully saturated rings. The number of halogens is 1. The summed E-state index contributed by atoms with van der Waals surface area (Å²) in [5.41, 5.74) is 1.78. The summed E-state index contributed by atoms with van der Waals surface area (Å²) in [6.07, 6.45) is 1.11. The first kappa shape index (κ1) is 30.2. The van der Waals surface area contributed by atoms with Crippen LogP contribution in [0.2, 0.25) is 5.02 Å². The third-order valence-corrected chi connectivity index (χ3v) is 8.63. The van der Waals surface area contributed by atoms with E-state index in [0.717, 1.165) is 16.3 Å². The maximum atomic E-state index is 14.1. The van der Waals surface area contributed by atoms with Crippen LogP contribution in [0, 0.1) is 6.92 Å². The molecule has 0 bridgehead atoms. The van der Waals surface area contributed by atoms with Crippen LogP contribution in [0.3, 0.4) is 0 Å². The van der Waals surface area contributed by atoms with Crippen molar-refractivity contribution >= 4 is 39.1 Å². The first-order chi connectivity index (χ1) is 18.6. The Bertz CT molecular complexity index is 1370. The molecule has 0 unspecified atom stereocenters. The van der Waals surface area contributed by atoms with Gasteiger partial charge in [0.2, 0.25) is 11.8 Å². The smallest absolute Gasteiger partial charge is 0.264 e. The Kier molecular flexibility index (Phi) is 10.5. The predicted octanol–water partition coefficient (Wildman–Crippen LogP) is 5.57. The van der Waals surface area contributed by atoms with Gasteiger partial charge in [-0.3, -0.25) is 13.9 Å². The zero-order valence-electron chi connectivity index (χ0n) is 22.8. The van der Waals surface area contributed by atoms with E-state index >= 15 is 0 Å². The number of anilines is 1. The van der Waals surface area contributed by atoms with Crippen LogP contribution in [0.4, 0.5) is 5.69 Å². The van der Waals surface area contributed by atoms with Gasteiger partial charge < -0.3 is 10.2 Å². The van der Waals surface area contributed by atoms with Gasteiger partial charge in [-0.05, 0) is 68.1 Å². The molecule has 2 atom stereocenters. The molecule has 0 saturated heterocycles. The molecule has 3 rings (SSSR count). The maximum absolute atomic E-state index is 14.1. The summed E-state index contributed by atoms with van der Waals surface area (Å²) < 4.78 is 28.9. The molecule has 3 aromatic carbocycles. The second-order valence-corrected chi connectivity index (χ2v) is 11.8. The summed E-state index contributed by atoms with van der Waals surface area (Å²) in [5, 5.41) is 3.44. The third-order valence-electron chi connectivity index (χ3n) is 6.62. The highest BCUT2D eigenvalue weighted by Gasteiger charge is 2.34. The van der Waals surface area contributed by atoms with Crippen molar-refractivity contribution in [3.05, 3.63) is 95.0 Å². The molecule has 0 aliphatic carbocycles. The molecule has 7 nitrogen and oxygen atoms in total. The number of nitrogens with zero attached hydrogens (tertiary/aromatic N) is 2. The van der Waals surface area contributed by atoms with Gasteiger partial charge in [0.25, 0.3) is 10.0 Å². The number of hydrogen-bond acceptors (Lipinski definition) is 4. The minimum atomic E-state index is -4.12. The van der Waals surface area contributed by atoms with E-state index in [-0.39, 0.29) is 23.4 Å². The Balaban J connectivity index is 2.07. The van der Waals surface area contributed by atoms with Crippen LogP contribution < -0.4 is 9.62 Å². The van der Waals surface area contributed by atoms with Gasteiger partial charge in [0.1, 0.15) is 12.6 Å². The topological polar surface area (TPSA) is 86.8 Å². The highest BCUT2D eigenvalue weighted by molar-refractivity contribution is 7.92. The second-order valence-electron chi connectivity index (χ2n) is 9.50. The summed E-state index contributed by atoms with van der Waals surface area (Å²) in [5.74, 6) is -0.755. The van der Waals surface area contributed by atoms with E-state index in [1.807, 2.05) is 51.1 Å². The second kappa shape index (κ2) is 13.6. The molecule has 2 amide bonds. The number of amides is 2. The average Bonchev–Trinajstić information content (AvgIpc) is 2.92. The molecule has 0 aromatic heterocycles. The minimum Gasteiger partial charge on any atom is -0.352 e. The molecule has 0 heterocycles. The van der Waals surface area contributed by atoms with Crippen LogP contribution in [0.25, 0.3) is 0 Å². The predicted molar refractivity (Wildman–Crippen MR) is 156 cm³/mol. The molecule has 208 valence electrons. The van der Waals surface area contributed by atoms with Gasteiger partial charge in [-0.1, -0.05) is 74.0 Å². The van der Waals surface area contributed by atoms with Crippen molar-refractivity contribution in [1.29, 1.82) is 0 Å². The highest BCUT2D eigenvalue weighted by Crippen LogP contribution is 2.29. The van der Waals surface area contributed by atoms with Crippen molar-refractivity contribution in [3.8, 4) is 0 Å². The van der Waals surface area contributed by atoms with Crippen LogP contribution in [0.15, 0.2) is 83.8 Å². The van der Waals surface area contributed by atoms with Gasteiger partial charge in [0.15, 0.2) is 0 Å². The van der Waals surface area contributed by atoms with E-state index in [0.29, 0.717) is 22.7 Å². The van der Waals surface area contributed by atoms with Gasteiger partial charge >= 0.3 is 0 Å². The van der Waals surface area contributed by atoms with Crippen LogP contribution in [0.5, 0.6) is 0 Å². The van der Waals surface area contributed by atoms with E-state index in [1.54, 1.807) is 43.3 Å². The Hall–Kier alpha value is -3.36. The van der Waals surface area contributed by atoms with Gasteiger partial charge in [-0.15, -0.1) is 0 Å². The van der Waals surface area contributed by atoms with E-state index in [9.17, 15) is 18.0 Å². The van der Waals surface area contributed by atoms with Gasteiger partial charge in [0, 0.05) is 17.6 Å². The average molecular weight is 570 g/mol. The fourth-order valence-corrected chi connectivity index (χ4v) is 6.00. The molecule has 0 spiro atoms. The van der Waals surface area contributed by atoms with E-state index < -0.39 is 28.5 Å². The number of benzene rings is 3. The van der Waals surface area contributed by atoms with Crippen molar-refractivity contribution in [2.24, 2.45) is 0 Å². The zero-order valence-corrected chi connectivity index (χ0v) is 24.4. The fraction of sp³-hybridized carbons (Fsp3) is 0.333. The maximum Gasteiger partial charge on any atom is 0.264 e. The first-order valence-corrected chi connectivity index (χ1v) is 14.9.